The Hall–Kier alpha value is -3.03. The molecular weight excluding hydrogens is 502 g/mol. The van der Waals surface area contributed by atoms with Crippen molar-refractivity contribution in [1.29, 1.82) is 0 Å². The van der Waals surface area contributed by atoms with E-state index in [1.54, 1.807) is 23.1 Å². The lowest BCUT2D eigenvalue weighted by atomic mass is 10.0. The summed E-state index contributed by atoms with van der Waals surface area (Å²) >= 11 is 3.39. The van der Waals surface area contributed by atoms with Gasteiger partial charge < -0.3 is 15.1 Å². The number of carboxylic acids is 2. The molecule has 194 valence electrons. The Morgan fingerprint density at radius 2 is 1.57 bits per heavy atom. The lowest BCUT2D eigenvalue weighted by Gasteiger charge is -2.20. The molecule has 3 aromatic rings. The van der Waals surface area contributed by atoms with Crippen molar-refractivity contribution in [1.82, 2.24) is 0 Å². The molecule has 5 nitrogen and oxygen atoms in total. The Balaban J connectivity index is 1.78. The number of hydrogen-bond donors (Lipinski definition) is 2. The number of benzene rings is 2. The van der Waals surface area contributed by atoms with Gasteiger partial charge in [-0.05, 0) is 110 Å². The molecule has 2 aromatic carbocycles. The van der Waals surface area contributed by atoms with Crippen LogP contribution in [-0.2, 0) is 16.0 Å². The molecule has 0 amide bonds. The number of carboxylic acid groups (broad SMARTS) is 2. The second-order valence-electron chi connectivity index (χ2n) is 9.63. The van der Waals surface area contributed by atoms with Crippen molar-refractivity contribution in [3.05, 3.63) is 73.6 Å². The molecule has 0 saturated carbocycles. The molecular formula is C30H33NO4S2. The fourth-order valence-corrected chi connectivity index (χ4v) is 7.06. The smallest absolute Gasteiger partial charge is 0.305 e. The number of aliphatic carboxylic acids is 2. The summed E-state index contributed by atoms with van der Waals surface area (Å²) in [4.78, 5) is 27.2. The van der Waals surface area contributed by atoms with E-state index >= 15 is 0 Å². The van der Waals surface area contributed by atoms with E-state index in [2.05, 4.69) is 75.9 Å². The minimum atomic E-state index is -0.813. The first kappa shape index (κ1) is 27.0. The number of nitrogens with zero attached hydrogens (tertiary/aromatic N) is 1. The molecule has 0 radical (unpaired) electrons. The number of thioether (sulfide) groups is 1. The zero-order chi connectivity index (χ0) is 26.9. The number of anilines is 1. The van der Waals surface area contributed by atoms with E-state index in [9.17, 15) is 19.8 Å². The Morgan fingerprint density at radius 1 is 0.919 bits per heavy atom. The summed E-state index contributed by atoms with van der Waals surface area (Å²) in [6.07, 6.45) is 5.80. The van der Waals surface area contributed by atoms with Gasteiger partial charge in [-0.3, -0.25) is 9.59 Å². The van der Waals surface area contributed by atoms with E-state index in [1.165, 1.54) is 27.0 Å². The van der Waals surface area contributed by atoms with E-state index < -0.39 is 11.9 Å². The van der Waals surface area contributed by atoms with Crippen molar-refractivity contribution in [3.63, 3.8) is 0 Å². The number of aryl methyl sites for hydroxylation is 5. The van der Waals surface area contributed by atoms with Crippen molar-refractivity contribution in [3.8, 4) is 0 Å². The largest absolute Gasteiger partial charge is 0.481 e. The first-order valence-electron chi connectivity index (χ1n) is 12.5. The summed E-state index contributed by atoms with van der Waals surface area (Å²) in [7, 11) is 0. The van der Waals surface area contributed by atoms with Gasteiger partial charge in [0.25, 0.3) is 0 Å². The molecule has 4 rings (SSSR count). The molecule has 37 heavy (non-hydrogen) atoms. The molecule has 1 aliphatic rings. The normalized spacial score (nSPS) is 14.6. The van der Waals surface area contributed by atoms with Crippen LogP contribution < -0.4 is 4.90 Å². The van der Waals surface area contributed by atoms with E-state index in [0.717, 1.165) is 43.4 Å². The van der Waals surface area contributed by atoms with Gasteiger partial charge in [0.15, 0.2) is 0 Å². The number of fused-ring (bicyclic) bond motifs is 2. The molecule has 1 aromatic heterocycles. The van der Waals surface area contributed by atoms with Gasteiger partial charge in [-0.15, -0.1) is 11.3 Å². The average Bonchev–Trinajstić information content (AvgIpc) is 3.32. The highest BCUT2D eigenvalue weighted by Crippen LogP contribution is 2.48. The Kier molecular flexibility index (Phi) is 8.14. The summed E-state index contributed by atoms with van der Waals surface area (Å²) in [6.45, 7) is 10.9. The van der Waals surface area contributed by atoms with E-state index in [4.69, 9.17) is 0 Å². The SMILES string of the molecule is CCC(/C=C1\Sc2cc(C)c(C)cc2N1CCC(=O)O)=C\c1sc2cc(C)c(C)cc2c1CCC(=O)O. The molecule has 1 aliphatic heterocycles. The zero-order valence-corrected chi connectivity index (χ0v) is 23.6. The maximum atomic E-state index is 11.4. The van der Waals surface area contributed by atoms with Crippen LogP contribution in [0.5, 0.6) is 0 Å². The quantitative estimate of drug-likeness (QED) is 0.290. The monoisotopic (exact) mass is 535 g/mol. The molecule has 0 spiro atoms. The maximum absolute atomic E-state index is 11.4. The second-order valence-corrected chi connectivity index (χ2v) is 11.8. The van der Waals surface area contributed by atoms with E-state index in [-0.39, 0.29) is 12.8 Å². The standard InChI is InChI=1S/C30H33NO4S2/c1-6-21(15-26-22(7-8-29(32)33)23-11-17(2)19(4)13-25(23)36-26)16-28-31(10-9-30(34)35)24-12-18(3)20(5)14-27(24)37-28/h11-16H,6-10H2,1-5H3,(H,32,33)(H,34,35)/b21-15+,28-16-. The molecule has 0 fully saturated rings. The molecule has 2 N–H and O–H groups in total. The van der Waals surface area contributed by atoms with Crippen LogP contribution in [0.2, 0.25) is 0 Å². The van der Waals surface area contributed by atoms with Crippen LogP contribution in [0, 0.1) is 27.7 Å². The Labute approximate surface area is 226 Å². The van der Waals surface area contributed by atoms with Crippen molar-refractivity contribution < 1.29 is 19.8 Å². The van der Waals surface area contributed by atoms with Gasteiger partial charge in [-0.1, -0.05) is 24.8 Å². The van der Waals surface area contributed by atoms with Crippen molar-refractivity contribution >= 4 is 56.9 Å². The minimum Gasteiger partial charge on any atom is -0.481 e. The van der Waals surface area contributed by atoms with E-state index in [1.807, 2.05) is 0 Å². The van der Waals surface area contributed by atoms with Gasteiger partial charge in [0.05, 0.1) is 17.1 Å². The highest BCUT2D eigenvalue weighted by molar-refractivity contribution is 8.03. The van der Waals surface area contributed by atoms with Crippen molar-refractivity contribution in [2.24, 2.45) is 0 Å². The first-order valence-corrected chi connectivity index (χ1v) is 14.2. The van der Waals surface area contributed by atoms with Gasteiger partial charge in [0.1, 0.15) is 0 Å². The third-order valence-corrected chi connectivity index (χ3v) is 9.19. The molecule has 0 saturated heterocycles. The topological polar surface area (TPSA) is 77.8 Å². The Morgan fingerprint density at radius 3 is 2.24 bits per heavy atom. The lowest BCUT2D eigenvalue weighted by Crippen LogP contribution is -2.21. The second kappa shape index (κ2) is 11.2. The van der Waals surface area contributed by atoms with Crippen LogP contribution in [0.3, 0.4) is 0 Å². The van der Waals surface area contributed by atoms with Gasteiger partial charge in [-0.25, -0.2) is 0 Å². The summed E-state index contributed by atoms with van der Waals surface area (Å²) in [5, 5.41) is 20.9. The highest BCUT2D eigenvalue weighted by Gasteiger charge is 2.26. The summed E-state index contributed by atoms with van der Waals surface area (Å²) < 4.78 is 1.18. The van der Waals surface area contributed by atoms with Crippen LogP contribution in [0.4, 0.5) is 5.69 Å². The van der Waals surface area contributed by atoms with Gasteiger partial charge in [0.2, 0.25) is 0 Å². The van der Waals surface area contributed by atoms with E-state index in [0.29, 0.717) is 13.0 Å². The number of rotatable bonds is 9. The number of hydrogen-bond acceptors (Lipinski definition) is 5. The molecule has 7 heteroatoms. The van der Waals surface area contributed by atoms with Crippen LogP contribution >= 0.6 is 23.1 Å². The number of allylic oxidation sites excluding steroid dienone is 2. The van der Waals surface area contributed by atoms with Gasteiger partial charge in [0, 0.05) is 27.4 Å². The molecule has 0 atom stereocenters. The van der Waals surface area contributed by atoms with Crippen molar-refractivity contribution in [2.75, 3.05) is 11.4 Å². The molecule has 0 unspecified atom stereocenters. The number of thiophene rings is 1. The van der Waals surface area contributed by atoms with Crippen molar-refractivity contribution in [2.45, 2.75) is 65.2 Å². The fraction of sp³-hybridized carbons (Fsp3) is 0.333. The Bertz CT molecular complexity index is 1450. The molecule has 0 bridgehead atoms. The zero-order valence-electron chi connectivity index (χ0n) is 22.0. The van der Waals surface area contributed by atoms with Gasteiger partial charge >= 0.3 is 11.9 Å². The lowest BCUT2D eigenvalue weighted by molar-refractivity contribution is -0.137. The maximum Gasteiger partial charge on any atom is 0.305 e. The summed E-state index contributed by atoms with van der Waals surface area (Å²) in [6, 6.07) is 8.71. The fourth-order valence-electron chi connectivity index (χ4n) is 4.50. The van der Waals surface area contributed by atoms with Crippen LogP contribution in [0.15, 0.2) is 45.8 Å². The predicted octanol–water partition coefficient (Wildman–Crippen LogP) is 7.87. The molecule has 2 heterocycles. The third-order valence-electron chi connectivity index (χ3n) is 6.96. The summed E-state index contributed by atoms with van der Waals surface area (Å²) in [5.74, 6) is -1.61. The van der Waals surface area contributed by atoms with Crippen LogP contribution in [0.1, 0.15) is 58.9 Å². The first-order chi connectivity index (χ1) is 17.6. The summed E-state index contributed by atoms with van der Waals surface area (Å²) in [5.41, 5.74) is 8.11. The minimum absolute atomic E-state index is 0.0593. The molecule has 0 aliphatic carbocycles. The van der Waals surface area contributed by atoms with Crippen LogP contribution in [-0.4, -0.2) is 28.7 Å². The van der Waals surface area contributed by atoms with Crippen LogP contribution in [0.25, 0.3) is 16.2 Å². The third kappa shape index (κ3) is 5.94. The van der Waals surface area contributed by atoms with Gasteiger partial charge in [-0.2, -0.15) is 0 Å². The predicted molar refractivity (Wildman–Crippen MR) is 155 cm³/mol. The number of carbonyl (C=O) groups is 2. The average molecular weight is 536 g/mol. The highest BCUT2D eigenvalue weighted by atomic mass is 32.2.